The van der Waals surface area contributed by atoms with Crippen LogP contribution in [0, 0.1) is 13.8 Å². The fourth-order valence-electron chi connectivity index (χ4n) is 2.88. The molecule has 2 aromatic carbocycles. The van der Waals surface area contributed by atoms with Crippen molar-refractivity contribution in [3.63, 3.8) is 0 Å². The van der Waals surface area contributed by atoms with Crippen LogP contribution in [0.3, 0.4) is 0 Å². The number of nitrogens with one attached hydrogen (secondary N) is 1. The first kappa shape index (κ1) is 18.2. The number of halogens is 1. The van der Waals surface area contributed by atoms with Crippen LogP contribution in [0.5, 0.6) is 0 Å². The second kappa shape index (κ2) is 7.75. The van der Waals surface area contributed by atoms with Gasteiger partial charge in [0.25, 0.3) is 5.91 Å². The molecule has 0 aliphatic heterocycles. The van der Waals surface area contributed by atoms with Crippen LogP contribution in [0.2, 0.25) is 5.15 Å². The van der Waals surface area contributed by atoms with Crippen LogP contribution in [0.15, 0.2) is 54.6 Å². The molecular formula is C21H22ClN3O. The Morgan fingerprint density at radius 1 is 1.12 bits per heavy atom. The number of carbonyl (C=O) groups excluding carboxylic acids is 1. The third kappa shape index (κ3) is 3.97. The fourth-order valence-corrected chi connectivity index (χ4v) is 3.20. The van der Waals surface area contributed by atoms with E-state index in [9.17, 15) is 4.79 Å². The number of carbonyl (C=O) groups is 1. The maximum atomic E-state index is 12.7. The number of nitrogens with zero attached hydrogens (tertiary/aromatic N) is 2. The minimum absolute atomic E-state index is 0.111. The molecule has 4 nitrogen and oxygen atoms in total. The molecule has 1 aromatic heterocycles. The van der Waals surface area contributed by atoms with Crippen LogP contribution in [-0.2, 0) is 6.54 Å². The third-order valence-electron chi connectivity index (χ3n) is 4.39. The molecule has 0 radical (unpaired) electrons. The normalized spacial score (nSPS) is 12.0. The van der Waals surface area contributed by atoms with Crippen molar-refractivity contribution in [3.05, 3.63) is 87.7 Å². The van der Waals surface area contributed by atoms with Crippen molar-refractivity contribution < 1.29 is 4.79 Å². The fraction of sp³-hybridized carbons (Fsp3) is 0.238. The number of hydrogen-bond acceptors (Lipinski definition) is 2. The van der Waals surface area contributed by atoms with Crippen molar-refractivity contribution in [2.24, 2.45) is 0 Å². The van der Waals surface area contributed by atoms with Gasteiger partial charge < -0.3 is 5.32 Å². The van der Waals surface area contributed by atoms with Crippen molar-refractivity contribution >= 4 is 17.5 Å². The molecule has 1 N–H and O–H groups in total. The van der Waals surface area contributed by atoms with Crippen molar-refractivity contribution in [1.82, 2.24) is 15.1 Å². The molecule has 1 amide bonds. The van der Waals surface area contributed by atoms with Crippen molar-refractivity contribution in [2.45, 2.75) is 33.4 Å². The van der Waals surface area contributed by atoms with Crippen LogP contribution in [0.4, 0.5) is 0 Å². The maximum Gasteiger partial charge on any atom is 0.256 e. The Morgan fingerprint density at radius 3 is 2.42 bits per heavy atom. The molecule has 0 aliphatic rings. The molecular weight excluding hydrogens is 346 g/mol. The van der Waals surface area contributed by atoms with Gasteiger partial charge in [-0.05, 0) is 31.9 Å². The van der Waals surface area contributed by atoms with E-state index in [0.29, 0.717) is 23.0 Å². The summed E-state index contributed by atoms with van der Waals surface area (Å²) in [7, 11) is 0. The standard InChI is InChI=1S/C21H22ClN3O/c1-14-9-11-17(12-10-14)13-25-20(22)19(16(3)24-25)21(26)23-15(2)18-7-5-4-6-8-18/h4-12,15H,13H2,1-3H3,(H,23,26). The second-order valence-electron chi connectivity index (χ2n) is 6.50. The van der Waals surface area contributed by atoms with Gasteiger partial charge in [-0.15, -0.1) is 0 Å². The van der Waals surface area contributed by atoms with Crippen LogP contribution >= 0.6 is 11.6 Å². The lowest BCUT2D eigenvalue weighted by molar-refractivity contribution is 0.0939. The highest BCUT2D eigenvalue weighted by atomic mass is 35.5. The van der Waals surface area contributed by atoms with E-state index in [1.165, 1.54) is 5.56 Å². The Hall–Kier alpha value is -2.59. The summed E-state index contributed by atoms with van der Waals surface area (Å²) < 4.78 is 1.67. The highest BCUT2D eigenvalue weighted by molar-refractivity contribution is 6.33. The monoisotopic (exact) mass is 367 g/mol. The summed E-state index contributed by atoms with van der Waals surface area (Å²) in [6.07, 6.45) is 0. The van der Waals surface area contributed by atoms with E-state index in [2.05, 4.69) is 22.5 Å². The lowest BCUT2D eigenvalue weighted by Crippen LogP contribution is -2.27. The van der Waals surface area contributed by atoms with Gasteiger partial charge >= 0.3 is 0 Å². The van der Waals surface area contributed by atoms with Gasteiger partial charge in [-0.3, -0.25) is 4.79 Å². The molecule has 1 atom stereocenters. The van der Waals surface area contributed by atoms with E-state index in [-0.39, 0.29) is 11.9 Å². The van der Waals surface area contributed by atoms with Gasteiger partial charge in [0.05, 0.1) is 23.8 Å². The van der Waals surface area contributed by atoms with Crippen LogP contribution in [0.1, 0.15) is 45.7 Å². The van der Waals surface area contributed by atoms with Gasteiger partial charge in [-0.2, -0.15) is 5.10 Å². The zero-order valence-corrected chi connectivity index (χ0v) is 15.9. The number of hydrogen-bond donors (Lipinski definition) is 1. The predicted molar refractivity (Wildman–Crippen MR) is 105 cm³/mol. The molecule has 26 heavy (non-hydrogen) atoms. The second-order valence-corrected chi connectivity index (χ2v) is 6.86. The zero-order valence-electron chi connectivity index (χ0n) is 15.2. The molecule has 0 bridgehead atoms. The molecule has 3 rings (SSSR count). The highest BCUT2D eigenvalue weighted by Gasteiger charge is 2.22. The van der Waals surface area contributed by atoms with Crippen LogP contribution in [0.25, 0.3) is 0 Å². The van der Waals surface area contributed by atoms with E-state index in [1.54, 1.807) is 11.6 Å². The molecule has 0 saturated heterocycles. The Kier molecular flexibility index (Phi) is 5.43. The SMILES string of the molecule is Cc1ccc(Cn2nc(C)c(C(=O)NC(C)c3ccccc3)c2Cl)cc1. The van der Waals surface area contributed by atoms with Crippen molar-refractivity contribution in [2.75, 3.05) is 0 Å². The third-order valence-corrected chi connectivity index (χ3v) is 4.78. The van der Waals surface area contributed by atoms with E-state index >= 15 is 0 Å². The van der Waals surface area contributed by atoms with Gasteiger partial charge in [-0.25, -0.2) is 4.68 Å². The first-order chi connectivity index (χ1) is 12.5. The summed E-state index contributed by atoms with van der Waals surface area (Å²) >= 11 is 6.47. The lowest BCUT2D eigenvalue weighted by atomic mass is 10.1. The Labute approximate surface area is 158 Å². The number of rotatable bonds is 5. The van der Waals surface area contributed by atoms with E-state index in [1.807, 2.05) is 56.3 Å². The van der Waals surface area contributed by atoms with Crippen molar-refractivity contribution in [1.29, 1.82) is 0 Å². The molecule has 0 fully saturated rings. The first-order valence-corrected chi connectivity index (χ1v) is 8.97. The van der Waals surface area contributed by atoms with Gasteiger partial charge in [0.1, 0.15) is 5.15 Å². The van der Waals surface area contributed by atoms with E-state index in [0.717, 1.165) is 11.1 Å². The van der Waals surface area contributed by atoms with E-state index < -0.39 is 0 Å². The summed E-state index contributed by atoms with van der Waals surface area (Å²) in [5, 5.41) is 7.82. The molecule has 0 saturated carbocycles. The number of benzene rings is 2. The summed E-state index contributed by atoms with van der Waals surface area (Å²) in [5.74, 6) is -0.209. The molecule has 1 heterocycles. The van der Waals surface area contributed by atoms with Gasteiger partial charge in [-0.1, -0.05) is 71.8 Å². The summed E-state index contributed by atoms with van der Waals surface area (Å²) in [6, 6.07) is 17.9. The number of aryl methyl sites for hydroxylation is 2. The first-order valence-electron chi connectivity index (χ1n) is 8.60. The summed E-state index contributed by atoms with van der Waals surface area (Å²) in [5.41, 5.74) is 4.39. The number of aromatic nitrogens is 2. The minimum Gasteiger partial charge on any atom is -0.345 e. The lowest BCUT2D eigenvalue weighted by Gasteiger charge is -2.14. The Bertz CT molecular complexity index is 901. The van der Waals surface area contributed by atoms with Crippen molar-refractivity contribution in [3.8, 4) is 0 Å². The van der Waals surface area contributed by atoms with Gasteiger partial charge in [0.15, 0.2) is 0 Å². The average Bonchev–Trinajstić information content (AvgIpc) is 2.91. The van der Waals surface area contributed by atoms with Gasteiger partial charge in [0.2, 0.25) is 0 Å². The predicted octanol–water partition coefficient (Wildman–Crippen LogP) is 4.69. The molecule has 3 aromatic rings. The average molecular weight is 368 g/mol. The molecule has 134 valence electrons. The van der Waals surface area contributed by atoms with Crippen LogP contribution in [-0.4, -0.2) is 15.7 Å². The van der Waals surface area contributed by atoms with E-state index in [4.69, 9.17) is 11.6 Å². The Balaban J connectivity index is 1.78. The summed E-state index contributed by atoms with van der Waals surface area (Å²) in [4.78, 5) is 12.7. The molecule has 0 spiro atoms. The zero-order chi connectivity index (χ0) is 18.7. The Morgan fingerprint density at radius 2 is 1.77 bits per heavy atom. The number of amides is 1. The molecule has 1 unspecified atom stereocenters. The van der Waals surface area contributed by atoms with Gasteiger partial charge in [0, 0.05) is 0 Å². The topological polar surface area (TPSA) is 46.9 Å². The quantitative estimate of drug-likeness (QED) is 0.710. The van der Waals surface area contributed by atoms with Crippen LogP contribution < -0.4 is 5.32 Å². The highest BCUT2D eigenvalue weighted by Crippen LogP contribution is 2.22. The molecule has 5 heteroatoms. The largest absolute Gasteiger partial charge is 0.345 e. The molecule has 0 aliphatic carbocycles. The maximum absolute atomic E-state index is 12.7. The summed E-state index contributed by atoms with van der Waals surface area (Å²) in [6.45, 7) is 6.33. The minimum atomic E-state index is -0.209. The smallest absolute Gasteiger partial charge is 0.256 e.